The fourth-order valence-corrected chi connectivity index (χ4v) is 3.91. The highest BCUT2D eigenvalue weighted by Gasteiger charge is 2.21. The Bertz CT molecular complexity index is 991. The van der Waals surface area contributed by atoms with Crippen molar-refractivity contribution in [2.75, 3.05) is 5.32 Å². The predicted molar refractivity (Wildman–Crippen MR) is 117 cm³/mol. The molecule has 146 valence electrons. The molecule has 2 aromatic carbocycles. The maximum Gasteiger partial charge on any atom is 0.237 e. The number of carbonyl (C=O) groups excluding carboxylic acids is 1. The highest BCUT2D eigenvalue weighted by atomic mass is 35.5. The van der Waals surface area contributed by atoms with Gasteiger partial charge in [0, 0.05) is 17.1 Å². The summed E-state index contributed by atoms with van der Waals surface area (Å²) in [4.78, 5) is 12.6. The van der Waals surface area contributed by atoms with E-state index in [1.807, 2.05) is 35.8 Å². The molecular formula is C19H17Cl3N4OS. The Balaban J connectivity index is 1.76. The topological polar surface area (TPSA) is 59.8 Å². The Morgan fingerprint density at radius 2 is 1.86 bits per heavy atom. The summed E-state index contributed by atoms with van der Waals surface area (Å²) in [6.07, 6.45) is 0. The second kappa shape index (κ2) is 9.18. The predicted octanol–water partition coefficient (Wildman–Crippen LogP) is 6.04. The monoisotopic (exact) mass is 454 g/mol. The Morgan fingerprint density at radius 3 is 2.54 bits per heavy atom. The lowest BCUT2D eigenvalue weighted by Crippen LogP contribution is -2.23. The lowest BCUT2D eigenvalue weighted by molar-refractivity contribution is -0.115. The number of amides is 1. The van der Waals surface area contributed by atoms with Crippen molar-refractivity contribution in [1.29, 1.82) is 0 Å². The second-order valence-corrected chi connectivity index (χ2v) is 8.44. The minimum Gasteiger partial charge on any atom is -0.324 e. The molecule has 28 heavy (non-hydrogen) atoms. The largest absolute Gasteiger partial charge is 0.324 e. The summed E-state index contributed by atoms with van der Waals surface area (Å²) in [6.45, 7) is 4.47. The van der Waals surface area contributed by atoms with E-state index >= 15 is 0 Å². The van der Waals surface area contributed by atoms with Crippen LogP contribution in [-0.4, -0.2) is 25.9 Å². The van der Waals surface area contributed by atoms with Gasteiger partial charge in [0.1, 0.15) is 0 Å². The van der Waals surface area contributed by atoms with Gasteiger partial charge in [-0.1, -0.05) is 52.6 Å². The number of anilines is 1. The van der Waals surface area contributed by atoms with Gasteiger partial charge in [0.2, 0.25) is 5.91 Å². The first-order valence-corrected chi connectivity index (χ1v) is 10.5. The zero-order chi connectivity index (χ0) is 20.3. The summed E-state index contributed by atoms with van der Waals surface area (Å²) in [7, 11) is 0. The highest BCUT2D eigenvalue weighted by molar-refractivity contribution is 8.00. The molecule has 1 aromatic heterocycles. The molecule has 0 aliphatic carbocycles. The third kappa shape index (κ3) is 4.63. The van der Waals surface area contributed by atoms with E-state index in [1.165, 1.54) is 11.8 Å². The standard InChI is InChI=1S/C19H17Cl3N4OS/c1-3-26-17(12-7-9-13(20)10-8-12)24-25-19(26)28-11(2)18(27)23-15-6-4-5-14(21)16(15)22/h4-11H,3H2,1-2H3,(H,23,27). The number of nitrogens with zero attached hydrogens (tertiary/aromatic N) is 3. The summed E-state index contributed by atoms with van der Waals surface area (Å²) >= 11 is 19.4. The molecule has 3 aromatic rings. The summed E-state index contributed by atoms with van der Waals surface area (Å²) in [6, 6.07) is 12.5. The van der Waals surface area contributed by atoms with Crippen LogP contribution in [0.25, 0.3) is 11.4 Å². The van der Waals surface area contributed by atoms with Crippen molar-refractivity contribution in [2.24, 2.45) is 0 Å². The number of thioether (sulfide) groups is 1. The maximum atomic E-state index is 12.6. The Kier molecular flexibility index (Phi) is 6.88. The van der Waals surface area contributed by atoms with Crippen LogP contribution in [-0.2, 0) is 11.3 Å². The van der Waals surface area contributed by atoms with E-state index in [1.54, 1.807) is 25.1 Å². The molecule has 0 fully saturated rings. The van der Waals surface area contributed by atoms with Crippen molar-refractivity contribution in [3.8, 4) is 11.4 Å². The van der Waals surface area contributed by atoms with Gasteiger partial charge >= 0.3 is 0 Å². The SMILES string of the molecule is CCn1c(SC(C)C(=O)Nc2cccc(Cl)c2Cl)nnc1-c1ccc(Cl)cc1. The molecular weight excluding hydrogens is 439 g/mol. The lowest BCUT2D eigenvalue weighted by Gasteiger charge is -2.14. The van der Waals surface area contributed by atoms with E-state index < -0.39 is 5.25 Å². The molecule has 0 aliphatic heterocycles. The Labute approximate surface area is 182 Å². The van der Waals surface area contributed by atoms with Crippen LogP contribution in [0.3, 0.4) is 0 Å². The smallest absolute Gasteiger partial charge is 0.237 e. The van der Waals surface area contributed by atoms with Crippen molar-refractivity contribution >= 4 is 58.2 Å². The van der Waals surface area contributed by atoms with Crippen molar-refractivity contribution in [1.82, 2.24) is 14.8 Å². The van der Waals surface area contributed by atoms with Gasteiger partial charge < -0.3 is 9.88 Å². The van der Waals surface area contributed by atoms with Gasteiger partial charge in [-0.15, -0.1) is 10.2 Å². The van der Waals surface area contributed by atoms with Crippen LogP contribution in [0.1, 0.15) is 13.8 Å². The van der Waals surface area contributed by atoms with Gasteiger partial charge in [0.25, 0.3) is 0 Å². The van der Waals surface area contributed by atoms with Crippen LogP contribution in [0.5, 0.6) is 0 Å². The number of rotatable bonds is 6. The zero-order valence-corrected chi connectivity index (χ0v) is 18.2. The van der Waals surface area contributed by atoms with E-state index in [2.05, 4.69) is 15.5 Å². The van der Waals surface area contributed by atoms with Crippen molar-refractivity contribution < 1.29 is 4.79 Å². The summed E-state index contributed by atoms with van der Waals surface area (Å²) < 4.78 is 1.96. The van der Waals surface area contributed by atoms with Crippen molar-refractivity contribution in [3.63, 3.8) is 0 Å². The normalized spacial score (nSPS) is 12.0. The molecule has 0 saturated heterocycles. The average molecular weight is 456 g/mol. The Morgan fingerprint density at radius 1 is 1.14 bits per heavy atom. The first-order chi connectivity index (χ1) is 13.4. The fourth-order valence-electron chi connectivity index (χ4n) is 2.52. The van der Waals surface area contributed by atoms with Crippen molar-refractivity contribution in [3.05, 3.63) is 57.5 Å². The quantitative estimate of drug-likeness (QED) is 0.460. The maximum absolute atomic E-state index is 12.6. The van der Waals surface area contributed by atoms with Gasteiger partial charge in [-0.2, -0.15) is 0 Å². The zero-order valence-electron chi connectivity index (χ0n) is 15.1. The molecule has 0 aliphatic rings. The first kappa shape index (κ1) is 21.0. The van der Waals surface area contributed by atoms with Crippen LogP contribution >= 0.6 is 46.6 Å². The molecule has 0 radical (unpaired) electrons. The van der Waals surface area contributed by atoms with Gasteiger partial charge in [-0.05, 0) is 50.2 Å². The molecule has 0 spiro atoms. The third-order valence-corrected chi connectivity index (χ3v) is 6.15. The lowest BCUT2D eigenvalue weighted by atomic mass is 10.2. The fraction of sp³-hybridized carbons (Fsp3) is 0.211. The van der Waals surface area contributed by atoms with E-state index in [9.17, 15) is 4.79 Å². The number of benzene rings is 2. The number of aromatic nitrogens is 3. The molecule has 1 unspecified atom stereocenters. The second-order valence-electron chi connectivity index (χ2n) is 5.91. The minimum atomic E-state index is -0.414. The molecule has 9 heteroatoms. The highest BCUT2D eigenvalue weighted by Crippen LogP contribution is 2.31. The van der Waals surface area contributed by atoms with E-state index in [4.69, 9.17) is 34.8 Å². The molecule has 5 nitrogen and oxygen atoms in total. The van der Waals surface area contributed by atoms with Crippen LogP contribution in [0, 0.1) is 0 Å². The summed E-state index contributed by atoms with van der Waals surface area (Å²) in [5, 5.41) is 13.0. The number of nitrogens with one attached hydrogen (secondary N) is 1. The van der Waals surface area contributed by atoms with E-state index in [0.29, 0.717) is 32.5 Å². The van der Waals surface area contributed by atoms with E-state index in [0.717, 1.165) is 11.4 Å². The molecule has 1 amide bonds. The number of hydrogen-bond acceptors (Lipinski definition) is 4. The molecule has 1 atom stereocenters. The summed E-state index contributed by atoms with van der Waals surface area (Å²) in [5.41, 5.74) is 1.39. The van der Waals surface area contributed by atoms with Crippen LogP contribution < -0.4 is 5.32 Å². The average Bonchev–Trinajstić information content (AvgIpc) is 3.08. The van der Waals surface area contributed by atoms with E-state index in [-0.39, 0.29) is 5.91 Å². The molecule has 1 N–H and O–H groups in total. The van der Waals surface area contributed by atoms with Crippen LogP contribution in [0.2, 0.25) is 15.1 Å². The summed E-state index contributed by atoms with van der Waals surface area (Å²) in [5.74, 6) is 0.528. The number of carbonyl (C=O) groups is 1. The van der Waals surface area contributed by atoms with Gasteiger partial charge in [-0.3, -0.25) is 4.79 Å². The molecule has 0 bridgehead atoms. The van der Waals surface area contributed by atoms with Gasteiger partial charge in [0.05, 0.1) is 21.0 Å². The molecule has 0 saturated carbocycles. The van der Waals surface area contributed by atoms with Crippen LogP contribution in [0.15, 0.2) is 47.6 Å². The van der Waals surface area contributed by atoms with Crippen LogP contribution in [0.4, 0.5) is 5.69 Å². The van der Waals surface area contributed by atoms with Gasteiger partial charge in [-0.25, -0.2) is 0 Å². The first-order valence-electron chi connectivity index (χ1n) is 8.51. The minimum absolute atomic E-state index is 0.201. The third-order valence-electron chi connectivity index (χ3n) is 4.00. The Hall–Kier alpha value is -1.73. The molecule has 3 rings (SSSR count). The number of halogens is 3. The van der Waals surface area contributed by atoms with Gasteiger partial charge in [0.15, 0.2) is 11.0 Å². The molecule has 1 heterocycles. The number of hydrogen-bond donors (Lipinski definition) is 1. The van der Waals surface area contributed by atoms with Crippen molar-refractivity contribution in [2.45, 2.75) is 30.8 Å².